The molecule has 4 aliphatic rings. The smallest absolute Gasteiger partial charge is 1.00 e. The van der Waals surface area contributed by atoms with Crippen LogP contribution in [0.25, 0.3) is 0 Å². The number of allylic oxidation sites excluding steroid dienone is 1. The van der Waals surface area contributed by atoms with Crippen LogP contribution in [-0.2, 0) is 76.0 Å². The molecule has 4 rings (SSSR count). The van der Waals surface area contributed by atoms with E-state index in [9.17, 15) is 33.6 Å². The van der Waals surface area contributed by atoms with Crippen molar-refractivity contribution in [2.75, 3.05) is 54.5 Å². The molecule has 1 N–H and O–H groups in total. The molecule has 9 unspecified atom stereocenters. The Hall–Kier alpha value is -2.98. The maximum atomic E-state index is 12.5. The molecule has 460 valence electrons. The molecule has 80 heavy (non-hydrogen) atoms. The first-order valence-electron chi connectivity index (χ1n) is 29.3. The number of rotatable bonds is 34. The van der Waals surface area contributed by atoms with Gasteiger partial charge in [-0.2, -0.15) is 0 Å². The number of ketones is 2. The fourth-order valence-electron chi connectivity index (χ4n) is 10.4. The van der Waals surface area contributed by atoms with E-state index < -0.39 is 8.15 Å². The summed E-state index contributed by atoms with van der Waals surface area (Å²) < 4.78 is 49.6. The molecule has 0 aromatic carbocycles. The van der Waals surface area contributed by atoms with Crippen LogP contribution in [0.3, 0.4) is 0 Å². The number of carbonyl (C=O) groups excluding carboxylic acids is 7. The minimum atomic E-state index is -0.488. The van der Waals surface area contributed by atoms with Crippen LogP contribution in [0.4, 0.5) is 0 Å². The Morgan fingerprint density at radius 3 is 1.41 bits per heavy atom. The zero-order valence-electron chi connectivity index (χ0n) is 51.7. The molecule has 0 aromatic rings. The van der Waals surface area contributed by atoms with Gasteiger partial charge < -0.3 is 53.7 Å². The van der Waals surface area contributed by atoms with E-state index in [0.717, 1.165) is 148 Å². The van der Waals surface area contributed by atoms with Crippen LogP contribution in [0.15, 0.2) is 12.2 Å². The molecule has 19 nitrogen and oxygen atoms in total. The number of hydrogen-bond donors (Lipinski definition) is 1. The molecule has 0 radical (unpaired) electrons. The maximum absolute atomic E-state index is 12.5. The van der Waals surface area contributed by atoms with E-state index in [-0.39, 0.29) is 111 Å². The Bertz CT molecular complexity index is 1670. The molecule has 2 aliphatic carbocycles. The first kappa shape index (κ1) is 79.1. The third-order valence-electron chi connectivity index (χ3n) is 14.5. The van der Waals surface area contributed by atoms with Crippen molar-refractivity contribution in [3.05, 3.63) is 22.1 Å². The van der Waals surface area contributed by atoms with Crippen molar-refractivity contribution in [3.8, 4) is 0 Å². The number of hydrogen-bond acceptors (Lipinski definition) is 19. The van der Waals surface area contributed by atoms with Gasteiger partial charge in [0.2, 0.25) is 0 Å². The van der Waals surface area contributed by atoms with Crippen molar-refractivity contribution in [1.82, 2.24) is 0 Å². The molecule has 0 aromatic heterocycles. The van der Waals surface area contributed by atoms with Crippen LogP contribution in [-0.4, -0.2) is 138 Å². The van der Waals surface area contributed by atoms with Gasteiger partial charge in [-0.25, -0.2) is 0 Å². The number of Topliss-reactive ketones (excluding diaryl/α,β-unsaturated/α-hetero) is 1. The second-order valence-electron chi connectivity index (χ2n) is 20.6. The van der Waals surface area contributed by atoms with E-state index in [2.05, 4.69) is 18.6 Å². The van der Waals surface area contributed by atoms with E-state index in [1.165, 1.54) is 40.9 Å². The van der Waals surface area contributed by atoms with Crippen molar-refractivity contribution in [2.45, 2.75) is 244 Å². The first-order chi connectivity index (χ1) is 38.2. The number of carbonyl (C=O) groups is 7. The van der Waals surface area contributed by atoms with Crippen molar-refractivity contribution in [1.29, 1.82) is 0 Å². The zero-order chi connectivity index (χ0) is 59.2. The predicted octanol–water partition coefficient (Wildman–Crippen LogP) is 8.46. The number of methoxy groups -OCH3 is 2. The Balaban J connectivity index is -0.00000118. The van der Waals surface area contributed by atoms with Crippen LogP contribution in [0, 0.1) is 33.6 Å². The molecule has 2 aliphatic heterocycles. The van der Waals surface area contributed by atoms with Gasteiger partial charge in [0.15, 0.2) is 18.4 Å². The van der Waals surface area contributed by atoms with Crippen LogP contribution in [0.5, 0.6) is 0 Å². The first-order valence-corrected chi connectivity index (χ1v) is 31.2. The summed E-state index contributed by atoms with van der Waals surface area (Å²) in [6.07, 6.45) is 28.6. The van der Waals surface area contributed by atoms with Crippen molar-refractivity contribution in [3.63, 3.8) is 0 Å². The minimum Gasteiger partial charge on any atom is -1.00 e. The molecule has 2 saturated heterocycles. The molecule has 21 heteroatoms. The van der Waals surface area contributed by atoms with Gasteiger partial charge >= 0.3 is 42.7 Å². The monoisotopic (exact) mass is 1150 g/mol. The summed E-state index contributed by atoms with van der Waals surface area (Å²) in [5.74, 6) is -0.699. The molecule has 0 amide bonds. The molecule has 0 spiro atoms. The Kier molecular flexibility index (Phi) is 51.0. The third kappa shape index (κ3) is 36.6. The van der Waals surface area contributed by atoms with E-state index in [1.807, 2.05) is 12.7 Å². The molecular formula is C59H104LiO19P. The van der Waals surface area contributed by atoms with Gasteiger partial charge in [0.05, 0.1) is 32.6 Å². The summed E-state index contributed by atoms with van der Waals surface area (Å²) in [4.78, 5) is 95.4. The fourth-order valence-corrected chi connectivity index (χ4v) is 11.2. The van der Waals surface area contributed by atoms with Crippen molar-refractivity contribution in [2.24, 2.45) is 23.7 Å². The fraction of sp³-hybridized carbons (Fsp3) is 0.847. The predicted molar refractivity (Wildman–Crippen MR) is 305 cm³/mol. The summed E-state index contributed by atoms with van der Waals surface area (Å²) in [6.45, 7) is 10.5. The summed E-state index contributed by atoms with van der Waals surface area (Å²) in [6, 6.07) is 0. The van der Waals surface area contributed by atoms with E-state index in [1.54, 1.807) is 13.2 Å². The molecule has 11 atom stereocenters. The van der Waals surface area contributed by atoms with Crippen LogP contribution in [0.1, 0.15) is 209 Å². The van der Waals surface area contributed by atoms with Gasteiger partial charge in [-0.15, -0.1) is 0 Å². The molecule has 2 heterocycles. The van der Waals surface area contributed by atoms with Crippen molar-refractivity contribution < 1.29 is 101 Å². The van der Waals surface area contributed by atoms with Crippen LogP contribution in [0.2, 0.25) is 0 Å². The Labute approximate surface area is 493 Å². The Morgan fingerprint density at radius 1 is 0.588 bits per heavy atom. The number of ether oxygens (including phenoxy) is 8. The maximum Gasteiger partial charge on any atom is 1.00 e. The number of unbranched alkanes of at least 4 members (excludes halogenated alkanes) is 10. The van der Waals surface area contributed by atoms with Gasteiger partial charge in [-0.1, -0.05) is 84.1 Å². The SMILES string of the molecule is CCCCCC(=O)/C=C/[C@H]1C(OC2CCCCO2)CC(OC(C)=O)C1CCCCCCC(=O)OC.CCCCCC(=O)CP(C)OC.CO.COC(=O)CCCCCCC1C(OC(C)=O)CC(OC2CCCCO2)[C@@H]1C=O.O=O.[H-].[Li+]. The van der Waals surface area contributed by atoms with Gasteiger partial charge in [0.25, 0.3) is 0 Å². The summed E-state index contributed by atoms with van der Waals surface area (Å²) in [5.41, 5.74) is 0. The Morgan fingerprint density at radius 2 is 1.01 bits per heavy atom. The normalized spacial score (nSPS) is 24.2. The number of aliphatic hydroxyl groups excluding tert-OH is 1. The quantitative estimate of drug-likeness (QED) is 0.0120. The van der Waals surface area contributed by atoms with Crippen LogP contribution >= 0.6 is 8.15 Å². The summed E-state index contributed by atoms with van der Waals surface area (Å²) in [5, 5.41) is 7.00. The molecule has 4 fully saturated rings. The number of aldehydes is 1. The number of esters is 4. The van der Waals surface area contributed by atoms with Gasteiger partial charge in [-0.05, 0) is 89.8 Å². The molecule has 0 bridgehead atoms. The van der Waals surface area contributed by atoms with E-state index in [0.29, 0.717) is 57.3 Å². The van der Waals surface area contributed by atoms with E-state index >= 15 is 0 Å². The second-order valence-corrected chi connectivity index (χ2v) is 22.6. The van der Waals surface area contributed by atoms with Gasteiger partial charge in [-0.3, -0.25) is 28.8 Å². The van der Waals surface area contributed by atoms with Gasteiger partial charge in [0.1, 0.15) is 24.3 Å². The zero-order valence-corrected chi connectivity index (χ0v) is 51.6. The minimum absolute atomic E-state index is 0. The summed E-state index contributed by atoms with van der Waals surface area (Å²) in [7, 11) is 4.99. The standard InChI is InChI=1S/C28H46O7.C21H34O7.C9H19O2P.CH4O.Li.O2.H/c1-4-5-8-13-22(30)17-18-24-23(14-9-6-7-10-15-27(31)32-3)25(34-21(2)29)20-26(24)35-28-16-11-12-19-33-28;1-15(23)27-18-13-19(28-21-11-7-8-12-26-21)17(14-22)16(18)9-5-3-4-6-10-20(24)25-2;1-4-5-6-7-9(10)8-12(3)11-2;1-2;;1-2;/h17-18,23-26,28H,4-16,19-20H2,1-3H3;14,16-19,21H,3-13H2,1-2H3;4-8H2,1-3H3;2H,1H3;;;/q;;;;+1;;-1/b18-17+;;;;;;/t23?,24-,25?,26?,28?;16?,17-,18?,19?,21?;;;;;/m11...../s1. The number of aliphatic hydroxyl groups is 1. The molecule has 2 saturated carbocycles. The van der Waals surface area contributed by atoms with Gasteiger partial charge in [0, 0.05) is 122 Å². The summed E-state index contributed by atoms with van der Waals surface area (Å²) >= 11 is 0. The van der Waals surface area contributed by atoms with Crippen molar-refractivity contribution >= 4 is 49.9 Å². The average Bonchev–Trinajstić information content (AvgIpc) is 3.94. The largest absolute Gasteiger partial charge is 1.00 e. The second kappa shape index (κ2) is 51.6. The molecular weight excluding hydrogens is 1050 g/mol. The van der Waals surface area contributed by atoms with E-state index in [4.69, 9.17) is 52.7 Å². The third-order valence-corrected chi connectivity index (χ3v) is 16.0. The van der Waals surface area contributed by atoms with Crippen LogP contribution < -0.4 is 18.9 Å². The topological polar surface area (TPSA) is 257 Å². The average molecular weight is 1160 g/mol.